The third-order valence-electron chi connectivity index (χ3n) is 5.08. The second-order valence-electron chi connectivity index (χ2n) is 8.49. The molecule has 2 aromatic carbocycles. The Morgan fingerprint density at radius 2 is 0.833 bits per heavy atom. The van der Waals surface area contributed by atoms with E-state index in [1.165, 1.54) is 0 Å². The lowest BCUT2D eigenvalue weighted by Gasteiger charge is -2.07. The molecule has 2 heterocycles. The lowest BCUT2D eigenvalue weighted by molar-refractivity contribution is 0.101. The lowest BCUT2D eigenvalue weighted by atomic mass is 10.1. The molecule has 4 rings (SSSR count). The van der Waals surface area contributed by atoms with E-state index in [-0.39, 0.29) is 11.8 Å². The van der Waals surface area contributed by atoms with Crippen molar-refractivity contribution >= 4 is 47.6 Å². The van der Waals surface area contributed by atoms with Gasteiger partial charge in [-0.1, -0.05) is 78.1 Å². The van der Waals surface area contributed by atoms with Gasteiger partial charge < -0.3 is 20.6 Å². The molecule has 42 heavy (non-hydrogen) atoms. The molecule has 0 spiro atoms. The first-order chi connectivity index (χ1) is 20.1. The molecular formula is C34H46N4O2S2. The number of hydrogen-bond donors (Lipinski definition) is 4. The van der Waals surface area contributed by atoms with Crippen molar-refractivity contribution in [2.45, 2.75) is 69.2 Å². The summed E-state index contributed by atoms with van der Waals surface area (Å²) < 4.78 is 0.888. The van der Waals surface area contributed by atoms with Crippen LogP contribution in [0.2, 0.25) is 0 Å². The number of aromatic nitrogens is 2. The summed E-state index contributed by atoms with van der Waals surface area (Å²) in [6.07, 6.45) is 3.41. The van der Waals surface area contributed by atoms with Crippen molar-refractivity contribution in [3.05, 3.63) is 116 Å². The van der Waals surface area contributed by atoms with E-state index in [2.05, 4.69) is 32.7 Å². The number of rotatable bonds is 4. The molecule has 0 aliphatic carbocycles. The van der Waals surface area contributed by atoms with Gasteiger partial charge in [-0.05, 0) is 98.5 Å². The van der Waals surface area contributed by atoms with Gasteiger partial charge in [-0.15, -0.1) is 0 Å². The van der Waals surface area contributed by atoms with Gasteiger partial charge in [-0.2, -0.15) is 0 Å². The molecule has 0 bridgehead atoms. The third-order valence-corrected chi connectivity index (χ3v) is 5.76. The van der Waals surface area contributed by atoms with Gasteiger partial charge in [0, 0.05) is 23.8 Å². The highest BCUT2D eigenvalue weighted by atomic mass is 32.1. The van der Waals surface area contributed by atoms with Crippen molar-refractivity contribution in [1.29, 1.82) is 0 Å². The van der Waals surface area contributed by atoms with Gasteiger partial charge in [0.25, 0.3) is 11.8 Å². The van der Waals surface area contributed by atoms with Gasteiger partial charge >= 0.3 is 0 Å². The summed E-state index contributed by atoms with van der Waals surface area (Å²) in [5.41, 5.74) is 6.99. The van der Waals surface area contributed by atoms with Crippen molar-refractivity contribution < 1.29 is 9.59 Å². The summed E-state index contributed by atoms with van der Waals surface area (Å²) in [7, 11) is 0. The second kappa shape index (κ2) is 20.9. The van der Waals surface area contributed by atoms with Crippen LogP contribution < -0.4 is 10.6 Å². The minimum Gasteiger partial charge on any atom is -0.352 e. The quantitative estimate of drug-likeness (QED) is 0.174. The van der Waals surface area contributed by atoms with Gasteiger partial charge in [0.2, 0.25) is 0 Å². The second-order valence-corrected chi connectivity index (χ2v) is 9.30. The van der Waals surface area contributed by atoms with E-state index in [4.69, 9.17) is 24.4 Å². The summed E-state index contributed by atoms with van der Waals surface area (Å²) in [5, 5.41) is 5.71. The molecule has 0 atom stereocenters. The fourth-order valence-electron chi connectivity index (χ4n) is 3.69. The van der Waals surface area contributed by atoms with E-state index < -0.39 is 0 Å². The largest absolute Gasteiger partial charge is 0.352 e. The average Bonchev–Trinajstić information content (AvgIpc) is 2.96. The highest BCUT2D eigenvalue weighted by Gasteiger charge is 2.09. The molecule has 0 saturated heterocycles. The molecule has 2 amide bonds. The van der Waals surface area contributed by atoms with Crippen LogP contribution in [0.25, 0.3) is 0 Å². The van der Waals surface area contributed by atoms with Gasteiger partial charge in [0.1, 0.15) is 9.28 Å². The van der Waals surface area contributed by atoms with Crippen LogP contribution >= 0.6 is 24.4 Å². The molecule has 0 saturated carbocycles. The average molecular weight is 607 g/mol. The number of pyridine rings is 2. The summed E-state index contributed by atoms with van der Waals surface area (Å²) >= 11 is 10.2. The molecule has 0 fully saturated rings. The fourth-order valence-corrected chi connectivity index (χ4v) is 4.15. The van der Waals surface area contributed by atoms with Crippen molar-refractivity contribution in [2.75, 3.05) is 10.6 Å². The first-order valence-electron chi connectivity index (χ1n) is 14.3. The third kappa shape index (κ3) is 13.2. The summed E-state index contributed by atoms with van der Waals surface area (Å²) in [6, 6.07) is 18.8. The maximum atomic E-state index is 12.1. The van der Waals surface area contributed by atoms with Crippen LogP contribution in [0.3, 0.4) is 0 Å². The van der Waals surface area contributed by atoms with Gasteiger partial charge in [-0.25, -0.2) is 0 Å². The molecule has 0 radical (unpaired) electrons. The zero-order valence-corrected chi connectivity index (χ0v) is 28.2. The zero-order valence-electron chi connectivity index (χ0n) is 26.6. The Labute approximate surface area is 262 Å². The molecule has 8 heteroatoms. The first kappa shape index (κ1) is 38.1. The summed E-state index contributed by atoms with van der Waals surface area (Å²) in [5.74, 6) is -0.385. The standard InChI is InChI=1S/2C14H14N2OS.3C2H6/c2*1-9-6-10(2)8-11(7-9)16-13(17)12-4-3-5-15-14(12)18;3*1-2/h2*3-8H,1-2H3,(H,15,18)(H,16,17);3*1-2H3. The van der Waals surface area contributed by atoms with E-state index in [9.17, 15) is 9.59 Å². The number of carbonyl (C=O) groups is 2. The van der Waals surface area contributed by atoms with Crippen LogP contribution in [-0.4, -0.2) is 21.8 Å². The van der Waals surface area contributed by atoms with Gasteiger partial charge in [0.05, 0.1) is 11.1 Å². The van der Waals surface area contributed by atoms with Crippen molar-refractivity contribution in [3.63, 3.8) is 0 Å². The van der Waals surface area contributed by atoms with E-state index >= 15 is 0 Å². The number of aryl methyl sites for hydroxylation is 4. The van der Waals surface area contributed by atoms with Crippen molar-refractivity contribution in [1.82, 2.24) is 9.97 Å². The Morgan fingerprint density at radius 1 is 0.548 bits per heavy atom. The van der Waals surface area contributed by atoms with E-state index in [1.54, 1.807) is 36.7 Å². The maximum absolute atomic E-state index is 12.1. The van der Waals surface area contributed by atoms with Gasteiger partial charge in [-0.3, -0.25) is 9.59 Å². The van der Waals surface area contributed by atoms with Crippen LogP contribution in [0, 0.1) is 37.0 Å². The Hall–Kier alpha value is -3.88. The van der Waals surface area contributed by atoms with Crippen molar-refractivity contribution in [2.24, 2.45) is 0 Å². The molecule has 0 aliphatic rings. The predicted octanol–water partition coefficient (Wildman–Crippen LogP) is 10.3. The van der Waals surface area contributed by atoms with E-state index in [0.717, 1.165) is 33.6 Å². The smallest absolute Gasteiger partial charge is 0.258 e. The number of carbonyl (C=O) groups excluding carboxylic acids is 2. The number of hydrogen-bond acceptors (Lipinski definition) is 4. The van der Waals surface area contributed by atoms with Crippen LogP contribution in [0.4, 0.5) is 11.4 Å². The maximum Gasteiger partial charge on any atom is 0.258 e. The molecular weight excluding hydrogens is 561 g/mol. The Kier molecular flexibility index (Phi) is 19.0. The minimum atomic E-state index is -0.193. The normalized spacial score (nSPS) is 9.10. The van der Waals surface area contributed by atoms with Crippen LogP contribution in [-0.2, 0) is 0 Å². The van der Waals surface area contributed by atoms with Crippen LogP contribution in [0.5, 0.6) is 0 Å². The van der Waals surface area contributed by atoms with E-state index in [0.29, 0.717) is 20.4 Å². The minimum absolute atomic E-state index is 0.193. The number of nitrogens with one attached hydrogen (secondary N) is 4. The SMILES string of the molecule is CC.CC.CC.Cc1cc(C)cc(NC(=O)c2ccc[nH]c2=S)c1.Cc1cc(C)cc(NC(=O)c2ccc[nH]c2=S)c1. The monoisotopic (exact) mass is 606 g/mol. The molecule has 226 valence electrons. The number of benzene rings is 2. The van der Waals surface area contributed by atoms with Crippen LogP contribution in [0.1, 0.15) is 84.5 Å². The van der Waals surface area contributed by atoms with Gasteiger partial charge in [0.15, 0.2) is 0 Å². The molecule has 2 aromatic heterocycles. The Morgan fingerprint density at radius 3 is 1.10 bits per heavy atom. The molecule has 0 unspecified atom stereocenters. The predicted molar refractivity (Wildman–Crippen MR) is 185 cm³/mol. The van der Waals surface area contributed by atoms with Crippen LogP contribution in [0.15, 0.2) is 73.1 Å². The number of aromatic amines is 2. The molecule has 0 aliphatic heterocycles. The number of amides is 2. The Balaban J connectivity index is 0.000000680. The summed E-state index contributed by atoms with van der Waals surface area (Å²) in [4.78, 5) is 29.8. The fraction of sp³-hybridized carbons (Fsp3) is 0.294. The lowest BCUT2D eigenvalue weighted by Crippen LogP contribution is -2.13. The van der Waals surface area contributed by atoms with Crippen molar-refractivity contribution in [3.8, 4) is 0 Å². The molecule has 4 aromatic rings. The molecule has 6 nitrogen and oxygen atoms in total. The topological polar surface area (TPSA) is 89.8 Å². The molecule has 4 N–H and O–H groups in total. The highest BCUT2D eigenvalue weighted by molar-refractivity contribution is 7.71. The van der Waals surface area contributed by atoms with E-state index in [1.807, 2.05) is 93.5 Å². The number of H-pyrrole nitrogens is 2. The zero-order chi connectivity index (χ0) is 32.2. The summed E-state index contributed by atoms with van der Waals surface area (Å²) in [6.45, 7) is 20.0. The Bertz CT molecular complexity index is 1370. The number of anilines is 2. The first-order valence-corrected chi connectivity index (χ1v) is 15.1. The highest BCUT2D eigenvalue weighted by Crippen LogP contribution is 2.16.